The van der Waals surface area contributed by atoms with Gasteiger partial charge in [0.1, 0.15) is 5.75 Å². The molecule has 7 heteroatoms. The van der Waals surface area contributed by atoms with Crippen molar-refractivity contribution in [3.05, 3.63) is 59.2 Å². The van der Waals surface area contributed by atoms with Crippen LogP contribution in [0.15, 0.2) is 47.4 Å². The van der Waals surface area contributed by atoms with E-state index in [1.54, 1.807) is 38.1 Å². The Morgan fingerprint density at radius 3 is 2.63 bits per heavy atom. The zero-order valence-corrected chi connectivity index (χ0v) is 16.5. The van der Waals surface area contributed by atoms with Gasteiger partial charge in [-0.05, 0) is 55.2 Å². The molecule has 0 saturated heterocycles. The summed E-state index contributed by atoms with van der Waals surface area (Å²) >= 11 is 0. The van der Waals surface area contributed by atoms with E-state index < -0.39 is 10.0 Å². The van der Waals surface area contributed by atoms with Crippen LogP contribution in [0.2, 0.25) is 0 Å². The largest absolute Gasteiger partial charge is 0.497 e. The van der Waals surface area contributed by atoms with Crippen molar-refractivity contribution in [1.82, 2.24) is 9.62 Å². The van der Waals surface area contributed by atoms with Gasteiger partial charge >= 0.3 is 0 Å². The predicted octanol–water partition coefficient (Wildman–Crippen LogP) is 2.72. The van der Waals surface area contributed by atoms with Gasteiger partial charge in [-0.15, -0.1) is 0 Å². The number of sulfonamides is 1. The van der Waals surface area contributed by atoms with Crippen LogP contribution in [0, 0.1) is 6.92 Å². The molecule has 6 nitrogen and oxygen atoms in total. The minimum absolute atomic E-state index is 0.0196. The Morgan fingerprint density at radius 1 is 1.22 bits per heavy atom. The van der Waals surface area contributed by atoms with Crippen molar-refractivity contribution < 1.29 is 17.9 Å². The number of rotatable bonds is 7. The molecule has 1 aliphatic carbocycles. The molecule has 27 heavy (non-hydrogen) atoms. The minimum Gasteiger partial charge on any atom is -0.497 e. The number of nitrogens with zero attached hydrogens (tertiary/aromatic N) is 1. The molecule has 1 fully saturated rings. The van der Waals surface area contributed by atoms with Crippen LogP contribution in [0.4, 0.5) is 0 Å². The molecule has 1 amide bonds. The summed E-state index contributed by atoms with van der Waals surface area (Å²) in [7, 11) is -0.305. The summed E-state index contributed by atoms with van der Waals surface area (Å²) in [5.41, 5.74) is 2.06. The van der Waals surface area contributed by atoms with Crippen molar-refractivity contribution in [3.8, 4) is 5.75 Å². The molecule has 2 aromatic carbocycles. The topological polar surface area (TPSA) is 75.7 Å². The molecule has 2 aromatic rings. The monoisotopic (exact) mass is 388 g/mol. The molecule has 3 rings (SSSR count). The second-order valence-corrected chi connectivity index (χ2v) is 8.60. The fourth-order valence-corrected chi connectivity index (χ4v) is 4.14. The molecule has 0 bridgehead atoms. The van der Waals surface area contributed by atoms with Gasteiger partial charge in [-0.3, -0.25) is 4.79 Å². The Hall–Kier alpha value is -2.38. The maximum atomic E-state index is 12.9. The molecule has 1 aliphatic rings. The highest BCUT2D eigenvalue weighted by atomic mass is 32.2. The Kier molecular flexibility index (Phi) is 5.53. The summed E-state index contributed by atoms with van der Waals surface area (Å²) in [4.78, 5) is 14.6. The van der Waals surface area contributed by atoms with Crippen LogP contribution in [0.1, 0.15) is 34.3 Å². The van der Waals surface area contributed by atoms with Crippen molar-refractivity contribution in [2.75, 3.05) is 14.2 Å². The van der Waals surface area contributed by atoms with E-state index in [-0.39, 0.29) is 16.8 Å². The van der Waals surface area contributed by atoms with Gasteiger partial charge in [0.25, 0.3) is 5.91 Å². The van der Waals surface area contributed by atoms with Crippen molar-refractivity contribution in [1.29, 1.82) is 0 Å². The lowest BCUT2D eigenvalue weighted by Gasteiger charge is -2.19. The first-order valence-corrected chi connectivity index (χ1v) is 10.3. The summed E-state index contributed by atoms with van der Waals surface area (Å²) in [6.07, 6.45) is 1.72. The van der Waals surface area contributed by atoms with Crippen molar-refractivity contribution in [3.63, 3.8) is 0 Å². The SMILES string of the molecule is COc1cccc(CN(C)C(=O)c2cc(S(=O)(=O)NC3CC3)ccc2C)c1. The molecule has 0 unspecified atom stereocenters. The number of benzene rings is 2. The Morgan fingerprint density at radius 2 is 1.96 bits per heavy atom. The Labute approximate surface area is 160 Å². The molecule has 1 saturated carbocycles. The van der Waals surface area contributed by atoms with Crippen molar-refractivity contribution in [2.45, 2.75) is 37.2 Å². The van der Waals surface area contributed by atoms with Crippen LogP contribution in [-0.2, 0) is 16.6 Å². The molecule has 144 valence electrons. The van der Waals surface area contributed by atoms with E-state index in [2.05, 4.69) is 4.72 Å². The number of nitrogens with one attached hydrogen (secondary N) is 1. The predicted molar refractivity (Wildman–Crippen MR) is 103 cm³/mol. The third kappa shape index (κ3) is 4.67. The van der Waals surface area contributed by atoms with Gasteiger partial charge in [0.2, 0.25) is 10.0 Å². The standard InChI is InChI=1S/C20H24N2O4S/c1-14-7-10-18(27(24,25)21-16-8-9-16)12-19(14)20(23)22(2)13-15-5-4-6-17(11-15)26-3/h4-7,10-12,16,21H,8-9,13H2,1-3H3. The van der Waals surface area contributed by atoms with E-state index in [1.807, 2.05) is 24.3 Å². The van der Waals surface area contributed by atoms with Gasteiger partial charge in [0.05, 0.1) is 12.0 Å². The highest BCUT2D eigenvalue weighted by molar-refractivity contribution is 7.89. The highest BCUT2D eigenvalue weighted by Crippen LogP contribution is 2.24. The Bertz CT molecular complexity index is 952. The molecule has 0 spiro atoms. The zero-order valence-electron chi connectivity index (χ0n) is 15.7. The molecule has 0 aliphatic heterocycles. The number of hydrogen-bond donors (Lipinski definition) is 1. The van der Waals surface area contributed by atoms with Crippen LogP contribution in [0.5, 0.6) is 5.75 Å². The lowest BCUT2D eigenvalue weighted by molar-refractivity contribution is 0.0784. The third-order valence-electron chi connectivity index (χ3n) is 4.55. The van der Waals surface area contributed by atoms with E-state index in [0.29, 0.717) is 12.1 Å². The first kappa shape index (κ1) is 19.4. The summed E-state index contributed by atoms with van der Waals surface area (Å²) < 4.78 is 32.8. The smallest absolute Gasteiger partial charge is 0.254 e. The molecule has 0 aromatic heterocycles. The molecular formula is C20H24N2O4S. The van der Waals surface area contributed by atoms with Crippen LogP contribution in [-0.4, -0.2) is 39.4 Å². The van der Waals surface area contributed by atoms with E-state index >= 15 is 0 Å². The van der Waals surface area contributed by atoms with Gasteiger partial charge in [0, 0.05) is 25.2 Å². The Balaban J connectivity index is 1.81. The number of hydrogen-bond acceptors (Lipinski definition) is 4. The maximum Gasteiger partial charge on any atom is 0.254 e. The zero-order chi connectivity index (χ0) is 19.6. The number of amides is 1. The molecule has 1 N–H and O–H groups in total. The van der Waals surface area contributed by atoms with Crippen LogP contribution in [0.3, 0.4) is 0 Å². The fourth-order valence-electron chi connectivity index (χ4n) is 2.81. The van der Waals surface area contributed by atoms with Gasteiger partial charge < -0.3 is 9.64 Å². The molecule has 0 heterocycles. The summed E-state index contributed by atoms with van der Waals surface area (Å²) in [5, 5.41) is 0. The van der Waals surface area contributed by atoms with E-state index in [1.165, 1.54) is 6.07 Å². The van der Waals surface area contributed by atoms with Gasteiger partial charge in [-0.2, -0.15) is 0 Å². The second-order valence-electron chi connectivity index (χ2n) is 6.89. The van der Waals surface area contributed by atoms with Crippen LogP contribution >= 0.6 is 0 Å². The summed E-state index contributed by atoms with van der Waals surface area (Å²) in [6.45, 7) is 2.20. The minimum atomic E-state index is -3.60. The average Bonchev–Trinajstić information content (AvgIpc) is 3.44. The maximum absolute atomic E-state index is 12.9. The van der Waals surface area contributed by atoms with Crippen LogP contribution < -0.4 is 9.46 Å². The molecule has 0 radical (unpaired) electrons. The number of carbonyl (C=O) groups is 1. The highest BCUT2D eigenvalue weighted by Gasteiger charge is 2.28. The van der Waals surface area contributed by atoms with E-state index in [4.69, 9.17) is 4.74 Å². The lowest BCUT2D eigenvalue weighted by atomic mass is 10.1. The third-order valence-corrected chi connectivity index (χ3v) is 6.07. The molecule has 0 atom stereocenters. The average molecular weight is 388 g/mol. The van der Waals surface area contributed by atoms with E-state index in [9.17, 15) is 13.2 Å². The number of ether oxygens (including phenoxy) is 1. The van der Waals surface area contributed by atoms with Gasteiger partial charge in [0.15, 0.2) is 0 Å². The van der Waals surface area contributed by atoms with Crippen molar-refractivity contribution >= 4 is 15.9 Å². The van der Waals surface area contributed by atoms with Crippen LogP contribution in [0.25, 0.3) is 0 Å². The van der Waals surface area contributed by atoms with E-state index in [0.717, 1.165) is 29.7 Å². The normalized spacial score (nSPS) is 14.0. The molecular weight excluding hydrogens is 364 g/mol. The summed E-state index contributed by atoms with van der Waals surface area (Å²) in [6, 6.07) is 12.2. The van der Waals surface area contributed by atoms with Crippen molar-refractivity contribution in [2.24, 2.45) is 0 Å². The first-order chi connectivity index (χ1) is 12.8. The first-order valence-electron chi connectivity index (χ1n) is 8.81. The van der Waals surface area contributed by atoms with Gasteiger partial charge in [-0.25, -0.2) is 13.1 Å². The summed E-state index contributed by atoms with van der Waals surface area (Å²) in [5.74, 6) is 0.502. The quantitative estimate of drug-likeness (QED) is 0.791. The number of aryl methyl sites for hydroxylation is 1. The lowest BCUT2D eigenvalue weighted by Crippen LogP contribution is -2.28. The number of methoxy groups -OCH3 is 1. The number of carbonyl (C=O) groups excluding carboxylic acids is 1. The van der Waals surface area contributed by atoms with Gasteiger partial charge in [-0.1, -0.05) is 18.2 Å². The second kappa shape index (κ2) is 7.70. The fraction of sp³-hybridized carbons (Fsp3) is 0.350.